The largest absolute Gasteiger partial charge is 0.369 e. The number of nitrogens with zero attached hydrogens (tertiary/aromatic N) is 2. The highest BCUT2D eigenvalue weighted by Gasteiger charge is 2.33. The van der Waals surface area contributed by atoms with Crippen LogP contribution in [0.1, 0.15) is 18.1 Å². The minimum Gasteiger partial charge on any atom is -0.369 e. The summed E-state index contributed by atoms with van der Waals surface area (Å²) in [5.74, 6) is -0.00630. The molecule has 1 amide bonds. The van der Waals surface area contributed by atoms with Crippen LogP contribution in [0.2, 0.25) is 0 Å². The van der Waals surface area contributed by atoms with Crippen LogP contribution in [0.15, 0.2) is 22.7 Å². The molecule has 1 aromatic rings. The van der Waals surface area contributed by atoms with Crippen molar-refractivity contribution in [2.75, 3.05) is 13.1 Å². The first-order chi connectivity index (χ1) is 9.01. The summed E-state index contributed by atoms with van der Waals surface area (Å²) in [4.78, 5) is 13.5. The Morgan fingerprint density at radius 1 is 1.58 bits per heavy atom. The van der Waals surface area contributed by atoms with E-state index in [2.05, 4.69) is 33.8 Å². The number of benzene rings is 1. The standard InChI is InChI=1S/C14H16BrN3O/c1-9-6-18(8-12(9)14(17)19)7-11-4-10(5-16)2-3-13(11)15/h2-4,9,12H,6-8H2,1H3,(H2,17,19)/t9-,12-/m1/s1. The van der Waals surface area contributed by atoms with Gasteiger partial charge in [0.05, 0.1) is 17.6 Å². The Hall–Kier alpha value is -1.38. The zero-order valence-electron chi connectivity index (χ0n) is 10.8. The van der Waals surface area contributed by atoms with Crippen LogP contribution in [0.5, 0.6) is 0 Å². The Balaban J connectivity index is 2.11. The van der Waals surface area contributed by atoms with Crippen LogP contribution in [-0.2, 0) is 11.3 Å². The van der Waals surface area contributed by atoms with Crippen LogP contribution < -0.4 is 5.73 Å². The fourth-order valence-corrected chi connectivity index (χ4v) is 2.95. The second-order valence-electron chi connectivity index (χ2n) is 5.10. The topological polar surface area (TPSA) is 70.1 Å². The van der Waals surface area contributed by atoms with E-state index in [9.17, 15) is 4.79 Å². The molecule has 5 heteroatoms. The Morgan fingerprint density at radius 3 is 2.89 bits per heavy atom. The number of hydrogen-bond donors (Lipinski definition) is 1. The van der Waals surface area contributed by atoms with Crippen molar-refractivity contribution in [3.63, 3.8) is 0 Å². The Kier molecular flexibility index (Phi) is 4.23. The predicted octanol–water partition coefficient (Wildman–Crippen LogP) is 1.87. The summed E-state index contributed by atoms with van der Waals surface area (Å²) in [5, 5.41) is 8.93. The molecule has 100 valence electrons. The van der Waals surface area contributed by atoms with Gasteiger partial charge in [-0.1, -0.05) is 22.9 Å². The van der Waals surface area contributed by atoms with Gasteiger partial charge >= 0.3 is 0 Å². The van der Waals surface area contributed by atoms with Crippen molar-refractivity contribution in [2.24, 2.45) is 17.6 Å². The summed E-state index contributed by atoms with van der Waals surface area (Å²) in [5.41, 5.74) is 7.12. The van der Waals surface area contributed by atoms with Crippen molar-refractivity contribution < 1.29 is 4.79 Å². The van der Waals surface area contributed by atoms with E-state index in [-0.39, 0.29) is 17.7 Å². The second kappa shape index (κ2) is 5.72. The van der Waals surface area contributed by atoms with E-state index in [4.69, 9.17) is 11.0 Å². The van der Waals surface area contributed by atoms with Crippen LogP contribution in [-0.4, -0.2) is 23.9 Å². The average molecular weight is 322 g/mol. The highest BCUT2D eigenvalue weighted by Crippen LogP contribution is 2.26. The van der Waals surface area contributed by atoms with E-state index in [1.807, 2.05) is 12.1 Å². The average Bonchev–Trinajstić information content (AvgIpc) is 2.73. The van der Waals surface area contributed by atoms with E-state index in [1.54, 1.807) is 6.07 Å². The second-order valence-corrected chi connectivity index (χ2v) is 5.95. The summed E-state index contributed by atoms with van der Waals surface area (Å²) >= 11 is 3.50. The molecule has 0 bridgehead atoms. The maximum absolute atomic E-state index is 11.3. The number of nitriles is 1. The third-order valence-corrected chi connectivity index (χ3v) is 4.40. The maximum Gasteiger partial charge on any atom is 0.222 e. The van der Waals surface area contributed by atoms with Gasteiger partial charge in [-0.2, -0.15) is 5.26 Å². The van der Waals surface area contributed by atoms with E-state index in [1.165, 1.54) is 0 Å². The molecule has 1 aromatic carbocycles. The smallest absolute Gasteiger partial charge is 0.222 e. The molecule has 0 aromatic heterocycles. The molecule has 2 N–H and O–H groups in total. The monoisotopic (exact) mass is 321 g/mol. The van der Waals surface area contributed by atoms with Gasteiger partial charge < -0.3 is 5.73 Å². The fraction of sp³-hybridized carbons (Fsp3) is 0.429. The summed E-state index contributed by atoms with van der Waals surface area (Å²) in [6.07, 6.45) is 0. The number of carbonyl (C=O) groups is 1. The Morgan fingerprint density at radius 2 is 2.32 bits per heavy atom. The van der Waals surface area contributed by atoms with Gasteiger partial charge in [0.1, 0.15) is 0 Å². The zero-order chi connectivity index (χ0) is 14.0. The van der Waals surface area contributed by atoms with E-state index >= 15 is 0 Å². The minimum atomic E-state index is -0.222. The Bertz CT molecular complexity index is 538. The van der Waals surface area contributed by atoms with Gasteiger partial charge in [-0.05, 0) is 29.7 Å². The number of halogens is 1. The van der Waals surface area contributed by atoms with Gasteiger partial charge in [0.15, 0.2) is 0 Å². The lowest BCUT2D eigenvalue weighted by molar-refractivity contribution is -0.122. The molecule has 2 atom stereocenters. The molecule has 1 fully saturated rings. The highest BCUT2D eigenvalue weighted by molar-refractivity contribution is 9.10. The van der Waals surface area contributed by atoms with Crippen molar-refractivity contribution in [3.8, 4) is 6.07 Å². The highest BCUT2D eigenvalue weighted by atomic mass is 79.9. The van der Waals surface area contributed by atoms with Gasteiger partial charge in [0, 0.05) is 24.1 Å². The Labute approximate surface area is 121 Å². The molecule has 0 aliphatic carbocycles. The zero-order valence-corrected chi connectivity index (χ0v) is 12.4. The molecule has 4 nitrogen and oxygen atoms in total. The molecule has 19 heavy (non-hydrogen) atoms. The van der Waals surface area contributed by atoms with Gasteiger partial charge in [-0.15, -0.1) is 0 Å². The van der Waals surface area contributed by atoms with Crippen LogP contribution in [0.25, 0.3) is 0 Å². The first-order valence-corrected chi connectivity index (χ1v) is 7.00. The first kappa shape index (κ1) is 14.0. The summed E-state index contributed by atoms with van der Waals surface area (Å²) < 4.78 is 0.988. The normalized spacial score (nSPS) is 23.2. The van der Waals surface area contributed by atoms with Crippen LogP contribution in [0, 0.1) is 23.2 Å². The fourth-order valence-electron chi connectivity index (χ4n) is 2.57. The molecule has 0 unspecified atom stereocenters. The summed E-state index contributed by atoms with van der Waals surface area (Å²) in [6, 6.07) is 7.70. The SMILES string of the molecule is C[C@@H]1CN(Cc2cc(C#N)ccc2Br)C[C@H]1C(N)=O. The number of likely N-dealkylation sites (tertiary alicyclic amines) is 1. The lowest BCUT2D eigenvalue weighted by Crippen LogP contribution is -2.29. The molecule has 0 spiro atoms. The molecule has 1 aliphatic rings. The molecule has 1 aliphatic heterocycles. The van der Waals surface area contributed by atoms with Crippen molar-refractivity contribution in [3.05, 3.63) is 33.8 Å². The third-order valence-electron chi connectivity index (χ3n) is 3.62. The van der Waals surface area contributed by atoms with E-state index in [0.717, 1.165) is 23.1 Å². The molecule has 2 rings (SSSR count). The van der Waals surface area contributed by atoms with Crippen LogP contribution in [0.3, 0.4) is 0 Å². The quantitative estimate of drug-likeness (QED) is 0.924. The van der Waals surface area contributed by atoms with Gasteiger partial charge in [-0.25, -0.2) is 0 Å². The van der Waals surface area contributed by atoms with E-state index < -0.39 is 0 Å². The number of hydrogen-bond acceptors (Lipinski definition) is 3. The van der Waals surface area contributed by atoms with Crippen molar-refractivity contribution in [1.29, 1.82) is 5.26 Å². The number of amides is 1. The first-order valence-electron chi connectivity index (χ1n) is 6.21. The number of carbonyl (C=O) groups excluding carboxylic acids is 1. The molecule has 0 radical (unpaired) electrons. The van der Waals surface area contributed by atoms with Gasteiger partial charge in [-0.3, -0.25) is 9.69 Å². The van der Waals surface area contributed by atoms with Crippen LogP contribution >= 0.6 is 15.9 Å². The lowest BCUT2D eigenvalue weighted by atomic mass is 9.98. The van der Waals surface area contributed by atoms with E-state index in [0.29, 0.717) is 12.1 Å². The van der Waals surface area contributed by atoms with Crippen molar-refractivity contribution >= 4 is 21.8 Å². The van der Waals surface area contributed by atoms with Crippen molar-refractivity contribution in [2.45, 2.75) is 13.5 Å². The predicted molar refractivity (Wildman–Crippen MR) is 76.0 cm³/mol. The minimum absolute atomic E-state index is 0.0714. The molecule has 1 saturated heterocycles. The van der Waals surface area contributed by atoms with Gasteiger partial charge in [0.2, 0.25) is 5.91 Å². The lowest BCUT2D eigenvalue weighted by Gasteiger charge is -2.16. The number of rotatable bonds is 3. The van der Waals surface area contributed by atoms with Gasteiger partial charge in [0.25, 0.3) is 0 Å². The van der Waals surface area contributed by atoms with Crippen LogP contribution in [0.4, 0.5) is 0 Å². The van der Waals surface area contributed by atoms with Crippen molar-refractivity contribution in [1.82, 2.24) is 4.90 Å². The molecule has 0 saturated carbocycles. The summed E-state index contributed by atoms with van der Waals surface area (Å²) in [6.45, 7) is 4.33. The number of nitrogens with two attached hydrogens (primary N) is 1. The maximum atomic E-state index is 11.3. The summed E-state index contributed by atoms with van der Waals surface area (Å²) in [7, 11) is 0. The molecular weight excluding hydrogens is 306 g/mol. The third kappa shape index (κ3) is 3.14. The number of primary amides is 1. The molecular formula is C14H16BrN3O. The molecule has 1 heterocycles.